The average Bonchev–Trinajstić information content (AvgIpc) is 2.60. The molecule has 0 N–H and O–H groups in total. The van der Waals surface area contributed by atoms with Crippen molar-refractivity contribution in [1.82, 2.24) is 4.90 Å². The van der Waals surface area contributed by atoms with E-state index in [4.69, 9.17) is 0 Å². The SMILES string of the molecule is CS(=O)(=O)N(CC(=O)N1CCc2ccccc2C1)c1ccc(F)c(F)c1. The van der Waals surface area contributed by atoms with Gasteiger partial charge >= 0.3 is 0 Å². The minimum absolute atomic E-state index is 0.0860. The Morgan fingerprint density at radius 1 is 1.12 bits per heavy atom. The number of hydrogen-bond acceptors (Lipinski definition) is 3. The van der Waals surface area contributed by atoms with Crippen molar-refractivity contribution in [3.63, 3.8) is 0 Å². The van der Waals surface area contributed by atoms with Gasteiger partial charge in [-0.25, -0.2) is 17.2 Å². The van der Waals surface area contributed by atoms with Gasteiger partial charge in [-0.15, -0.1) is 0 Å². The summed E-state index contributed by atoms with van der Waals surface area (Å²) in [5.41, 5.74) is 2.10. The van der Waals surface area contributed by atoms with Crippen LogP contribution in [0.2, 0.25) is 0 Å². The van der Waals surface area contributed by atoms with E-state index in [1.54, 1.807) is 4.90 Å². The summed E-state index contributed by atoms with van der Waals surface area (Å²) in [4.78, 5) is 14.2. The molecule has 0 aromatic heterocycles. The largest absolute Gasteiger partial charge is 0.336 e. The van der Waals surface area contributed by atoms with Gasteiger partial charge in [-0.05, 0) is 29.7 Å². The molecular formula is C18H18F2N2O3S. The van der Waals surface area contributed by atoms with Gasteiger partial charge in [0.05, 0.1) is 11.9 Å². The van der Waals surface area contributed by atoms with E-state index >= 15 is 0 Å². The highest BCUT2D eigenvalue weighted by Gasteiger charge is 2.26. The van der Waals surface area contributed by atoms with Gasteiger partial charge in [-0.3, -0.25) is 9.10 Å². The Hall–Kier alpha value is -2.48. The topological polar surface area (TPSA) is 57.7 Å². The maximum atomic E-state index is 13.5. The lowest BCUT2D eigenvalue weighted by molar-refractivity contribution is -0.130. The molecule has 0 bridgehead atoms. The number of benzene rings is 2. The van der Waals surface area contributed by atoms with Crippen molar-refractivity contribution in [3.05, 3.63) is 65.2 Å². The summed E-state index contributed by atoms with van der Waals surface area (Å²) in [6, 6.07) is 10.5. The maximum absolute atomic E-state index is 13.5. The highest BCUT2D eigenvalue weighted by atomic mass is 32.2. The van der Waals surface area contributed by atoms with E-state index in [0.717, 1.165) is 39.9 Å². The third-order valence-corrected chi connectivity index (χ3v) is 5.49. The highest BCUT2D eigenvalue weighted by Crippen LogP contribution is 2.22. The first-order chi connectivity index (χ1) is 12.3. The first-order valence-electron chi connectivity index (χ1n) is 8.03. The fourth-order valence-electron chi connectivity index (χ4n) is 2.97. The van der Waals surface area contributed by atoms with Gasteiger partial charge < -0.3 is 4.90 Å². The molecule has 0 unspecified atom stereocenters. The first kappa shape index (κ1) is 18.3. The molecule has 0 saturated heterocycles. The lowest BCUT2D eigenvalue weighted by Crippen LogP contribution is -2.44. The monoisotopic (exact) mass is 380 g/mol. The molecule has 2 aromatic rings. The molecule has 0 aliphatic carbocycles. The number of carbonyl (C=O) groups is 1. The van der Waals surface area contributed by atoms with Crippen LogP contribution in [0.4, 0.5) is 14.5 Å². The van der Waals surface area contributed by atoms with Gasteiger partial charge in [-0.2, -0.15) is 0 Å². The van der Waals surface area contributed by atoms with E-state index in [0.29, 0.717) is 19.5 Å². The number of sulfonamides is 1. The second-order valence-electron chi connectivity index (χ2n) is 6.20. The second kappa shape index (κ2) is 7.03. The molecule has 2 aromatic carbocycles. The van der Waals surface area contributed by atoms with Crippen molar-refractivity contribution in [2.75, 3.05) is 23.7 Å². The maximum Gasteiger partial charge on any atom is 0.243 e. The lowest BCUT2D eigenvalue weighted by Gasteiger charge is -2.31. The summed E-state index contributed by atoms with van der Waals surface area (Å²) in [6.45, 7) is 0.404. The quantitative estimate of drug-likeness (QED) is 0.818. The predicted octanol–water partition coefficient (Wildman–Crippen LogP) is 2.32. The average molecular weight is 380 g/mol. The fourth-order valence-corrected chi connectivity index (χ4v) is 3.81. The van der Waals surface area contributed by atoms with Gasteiger partial charge in [0.1, 0.15) is 6.54 Å². The van der Waals surface area contributed by atoms with E-state index < -0.39 is 34.1 Å². The summed E-state index contributed by atoms with van der Waals surface area (Å²) >= 11 is 0. The Balaban J connectivity index is 1.81. The molecule has 5 nitrogen and oxygen atoms in total. The third kappa shape index (κ3) is 3.85. The number of fused-ring (bicyclic) bond motifs is 1. The van der Waals surface area contributed by atoms with Crippen LogP contribution in [0.1, 0.15) is 11.1 Å². The van der Waals surface area contributed by atoms with Crippen LogP contribution < -0.4 is 4.31 Å². The second-order valence-corrected chi connectivity index (χ2v) is 8.11. The van der Waals surface area contributed by atoms with Crippen LogP contribution in [-0.2, 0) is 27.8 Å². The van der Waals surface area contributed by atoms with E-state index in [2.05, 4.69) is 0 Å². The van der Waals surface area contributed by atoms with Crippen LogP contribution in [0, 0.1) is 11.6 Å². The van der Waals surface area contributed by atoms with Gasteiger partial charge in [0, 0.05) is 19.2 Å². The fraction of sp³-hybridized carbons (Fsp3) is 0.278. The molecule has 26 heavy (non-hydrogen) atoms. The molecule has 8 heteroatoms. The van der Waals surface area contributed by atoms with Gasteiger partial charge in [0.25, 0.3) is 0 Å². The zero-order valence-corrected chi connectivity index (χ0v) is 15.0. The van der Waals surface area contributed by atoms with E-state index in [1.807, 2.05) is 24.3 Å². The molecule has 1 amide bonds. The number of amides is 1. The van der Waals surface area contributed by atoms with Crippen LogP contribution in [0.15, 0.2) is 42.5 Å². The van der Waals surface area contributed by atoms with Crippen LogP contribution in [0.5, 0.6) is 0 Å². The molecule has 1 heterocycles. The standard InChI is InChI=1S/C18H18F2N2O3S/c1-26(24,25)22(15-6-7-16(19)17(20)10-15)12-18(23)21-9-8-13-4-2-3-5-14(13)11-21/h2-7,10H,8-9,11-12H2,1H3. The van der Waals surface area contributed by atoms with E-state index in [1.165, 1.54) is 0 Å². The zero-order chi connectivity index (χ0) is 18.9. The summed E-state index contributed by atoms with van der Waals surface area (Å²) in [7, 11) is -3.85. The van der Waals surface area contributed by atoms with Crippen molar-refractivity contribution in [1.29, 1.82) is 0 Å². The summed E-state index contributed by atoms with van der Waals surface area (Å²) < 4.78 is 51.6. The number of hydrogen-bond donors (Lipinski definition) is 0. The van der Waals surface area contributed by atoms with Crippen LogP contribution in [0.3, 0.4) is 0 Å². The highest BCUT2D eigenvalue weighted by molar-refractivity contribution is 7.92. The third-order valence-electron chi connectivity index (χ3n) is 4.35. The Morgan fingerprint density at radius 3 is 2.46 bits per heavy atom. The summed E-state index contributed by atoms with van der Waals surface area (Å²) in [5, 5.41) is 0. The summed E-state index contributed by atoms with van der Waals surface area (Å²) in [6.07, 6.45) is 1.61. The molecule has 0 spiro atoms. The minimum Gasteiger partial charge on any atom is -0.336 e. The number of nitrogens with zero attached hydrogens (tertiary/aromatic N) is 2. The Kier molecular flexibility index (Phi) is 4.95. The van der Waals surface area contributed by atoms with Crippen LogP contribution >= 0.6 is 0 Å². The van der Waals surface area contributed by atoms with E-state index in [-0.39, 0.29) is 5.69 Å². The van der Waals surface area contributed by atoms with Crippen molar-refractivity contribution >= 4 is 21.6 Å². The molecule has 138 valence electrons. The number of rotatable bonds is 4. The number of carbonyl (C=O) groups excluding carboxylic acids is 1. The number of halogens is 2. The van der Waals surface area contributed by atoms with Crippen molar-refractivity contribution in [2.24, 2.45) is 0 Å². The lowest BCUT2D eigenvalue weighted by atomic mass is 10.00. The molecular weight excluding hydrogens is 362 g/mol. The molecule has 0 fully saturated rings. The van der Waals surface area contributed by atoms with Gasteiger partial charge in [0.15, 0.2) is 11.6 Å². The Labute approximate surface area is 150 Å². The van der Waals surface area contributed by atoms with Crippen molar-refractivity contribution in [3.8, 4) is 0 Å². The number of anilines is 1. The minimum atomic E-state index is -3.85. The normalized spacial score (nSPS) is 14.0. The van der Waals surface area contributed by atoms with Crippen LogP contribution in [0.25, 0.3) is 0 Å². The smallest absolute Gasteiger partial charge is 0.243 e. The molecule has 0 saturated carbocycles. The van der Waals surface area contributed by atoms with E-state index in [9.17, 15) is 22.0 Å². The summed E-state index contributed by atoms with van der Waals surface area (Å²) in [5.74, 6) is -2.65. The Morgan fingerprint density at radius 2 is 1.81 bits per heavy atom. The molecule has 1 aliphatic rings. The molecule has 1 aliphatic heterocycles. The molecule has 0 atom stereocenters. The van der Waals surface area contributed by atoms with Crippen molar-refractivity contribution < 1.29 is 22.0 Å². The molecule has 0 radical (unpaired) electrons. The zero-order valence-electron chi connectivity index (χ0n) is 14.2. The predicted molar refractivity (Wildman–Crippen MR) is 94.1 cm³/mol. The van der Waals surface area contributed by atoms with Gasteiger partial charge in [0.2, 0.25) is 15.9 Å². The van der Waals surface area contributed by atoms with Crippen molar-refractivity contribution in [2.45, 2.75) is 13.0 Å². The Bertz CT molecular complexity index is 947. The van der Waals surface area contributed by atoms with Crippen LogP contribution in [-0.4, -0.2) is 38.6 Å². The molecule has 3 rings (SSSR count). The van der Waals surface area contributed by atoms with Gasteiger partial charge in [-0.1, -0.05) is 24.3 Å². The first-order valence-corrected chi connectivity index (χ1v) is 9.88.